The number of esters is 1. The monoisotopic (exact) mass is 279 g/mol. The lowest BCUT2D eigenvalue weighted by atomic mass is 10.1. The number of hydrogen-bond donors (Lipinski definition) is 0. The van der Waals surface area contributed by atoms with E-state index in [4.69, 9.17) is 11.6 Å². The van der Waals surface area contributed by atoms with Crippen LogP contribution in [0.1, 0.15) is 11.1 Å². The molecule has 0 aliphatic carbocycles. The molecule has 0 heterocycles. The van der Waals surface area contributed by atoms with Crippen molar-refractivity contribution in [2.45, 2.75) is 11.8 Å². The number of hydrogen-bond acceptors (Lipinski definition) is 4. The Hall–Kier alpha value is -1.76. The number of carbonyl (C=O) groups excluding carboxylic acids is 1. The molecule has 0 amide bonds. The average Bonchev–Trinajstić information content (AvgIpc) is 2.27. The Morgan fingerprint density at radius 3 is 2.61 bits per heavy atom. The highest BCUT2D eigenvalue weighted by Crippen LogP contribution is 2.34. The van der Waals surface area contributed by atoms with E-state index in [0.717, 1.165) is 25.3 Å². The van der Waals surface area contributed by atoms with Gasteiger partial charge in [-0.15, -0.1) is 0 Å². The number of rotatable bonds is 4. The fraction of sp³-hybridized carbons (Fsp3) is 0.300. The van der Waals surface area contributed by atoms with Gasteiger partial charge in [-0.05, 0) is 23.7 Å². The van der Waals surface area contributed by atoms with Crippen LogP contribution in [0.4, 0.5) is 14.5 Å². The Balaban J connectivity index is 3.24. The third kappa shape index (κ3) is 3.36. The zero-order valence-corrected chi connectivity index (χ0v) is 9.91. The van der Waals surface area contributed by atoms with Crippen molar-refractivity contribution in [3.8, 4) is 0 Å². The molecule has 5 nitrogen and oxygen atoms in total. The van der Waals surface area contributed by atoms with Gasteiger partial charge in [-0.1, -0.05) is 0 Å². The van der Waals surface area contributed by atoms with Gasteiger partial charge < -0.3 is 4.74 Å². The molecule has 8 heteroatoms. The molecular weight excluding hydrogens is 272 g/mol. The summed E-state index contributed by atoms with van der Waals surface area (Å²) in [5.74, 6) is -0.770. The Kier molecular flexibility index (Phi) is 4.18. The molecule has 0 atom stereocenters. The molecule has 0 aromatic heterocycles. The van der Waals surface area contributed by atoms with Crippen molar-refractivity contribution in [3.05, 3.63) is 39.4 Å². The van der Waals surface area contributed by atoms with Crippen LogP contribution in [0.3, 0.4) is 0 Å². The molecule has 1 rings (SSSR count). The van der Waals surface area contributed by atoms with E-state index >= 15 is 0 Å². The summed E-state index contributed by atoms with van der Waals surface area (Å²) in [5.41, 5.74) is -1.23. The molecule has 0 unspecified atom stereocenters. The normalized spacial score (nSPS) is 11.1. The Morgan fingerprint density at radius 1 is 1.56 bits per heavy atom. The topological polar surface area (TPSA) is 69.4 Å². The maximum Gasteiger partial charge on any atom is 0.348 e. The lowest BCUT2D eigenvalue weighted by Crippen LogP contribution is -2.10. The molecule has 0 saturated carbocycles. The lowest BCUT2D eigenvalue weighted by Gasteiger charge is -2.10. The third-order valence-corrected chi connectivity index (χ3v) is 2.38. The summed E-state index contributed by atoms with van der Waals surface area (Å²) in [6, 6.07) is 2.54. The molecule has 0 aliphatic heterocycles. The second-order valence-corrected chi connectivity index (χ2v) is 3.83. The van der Waals surface area contributed by atoms with Crippen LogP contribution in [0.25, 0.3) is 0 Å². The lowest BCUT2D eigenvalue weighted by molar-refractivity contribution is -0.385. The second-order valence-electron chi connectivity index (χ2n) is 3.35. The number of methoxy groups -OCH3 is 1. The van der Waals surface area contributed by atoms with Crippen LogP contribution >= 0.6 is 11.6 Å². The summed E-state index contributed by atoms with van der Waals surface area (Å²) in [6.45, 7) is 0. The van der Waals surface area contributed by atoms with Crippen LogP contribution in [0.15, 0.2) is 18.2 Å². The molecule has 0 spiro atoms. The molecule has 0 bridgehead atoms. The van der Waals surface area contributed by atoms with Gasteiger partial charge in [0.15, 0.2) is 0 Å². The van der Waals surface area contributed by atoms with Crippen molar-refractivity contribution in [3.63, 3.8) is 0 Å². The number of nitro benzene ring substituents is 1. The van der Waals surface area contributed by atoms with E-state index in [1.165, 1.54) is 0 Å². The Labute approximate surface area is 105 Å². The minimum absolute atomic E-state index is 0.176. The van der Waals surface area contributed by atoms with Gasteiger partial charge in [0.1, 0.15) is 0 Å². The summed E-state index contributed by atoms with van der Waals surface area (Å²) >= 11 is 4.81. The molecule has 0 saturated heterocycles. The van der Waals surface area contributed by atoms with Crippen LogP contribution in [0.2, 0.25) is 0 Å². The SMILES string of the molecule is COC(=O)Cc1cc(C(F)(F)Cl)ccc1[N+](=O)[O-]. The molecule has 98 valence electrons. The number of benzene rings is 1. The van der Waals surface area contributed by atoms with Crippen molar-refractivity contribution >= 4 is 23.3 Å². The number of halogens is 3. The minimum Gasteiger partial charge on any atom is -0.469 e. The molecule has 0 fully saturated rings. The smallest absolute Gasteiger partial charge is 0.348 e. The van der Waals surface area contributed by atoms with Crippen molar-refractivity contribution in [2.75, 3.05) is 7.11 Å². The molecule has 1 aromatic rings. The predicted molar refractivity (Wildman–Crippen MR) is 58.6 cm³/mol. The summed E-state index contributed by atoms with van der Waals surface area (Å²) in [7, 11) is 1.09. The van der Waals surface area contributed by atoms with Gasteiger partial charge >= 0.3 is 11.4 Å². The van der Waals surface area contributed by atoms with Gasteiger partial charge in [0.05, 0.1) is 18.5 Å². The molecule has 18 heavy (non-hydrogen) atoms. The van der Waals surface area contributed by atoms with E-state index in [1.807, 2.05) is 0 Å². The summed E-state index contributed by atoms with van der Waals surface area (Å²) in [5, 5.41) is 7.03. The van der Waals surface area contributed by atoms with E-state index in [2.05, 4.69) is 4.74 Å². The molecule has 0 aliphatic rings. The zero-order valence-electron chi connectivity index (χ0n) is 9.15. The van der Waals surface area contributed by atoms with Crippen molar-refractivity contribution in [1.82, 2.24) is 0 Å². The van der Waals surface area contributed by atoms with Gasteiger partial charge in [-0.25, -0.2) is 0 Å². The average molecular weight is 280 g/mol. The van der Waals surface area contributed by atoms with Gasteiger partial charge in [-0.2, -0.15) is 8.78 Å². The number of carbonyl (C=O) groups is 1. The highest BCUT2D eigenvalue weighted by atomic mass is 35.5. The Bertz CT molecular complexity index is 487. The number of alkyl halides is 3. The maximum atomic E-state index is 12.9. The fourth-order valence-corrected chi connectivity index (χ4v) is 1.43. The van der Waals surface area contributed by atoms with Crippen LogP contribution < -0.4 is 0 Å². The van der Waals surface area contributed by atoms with Crippen molar-refractivity contribution in [1.29, 1.82) is 0 Å². The number of nitrogens with zero attached hydrogens (tertiary/aromatic N) is 1. The number of nitro groups is 1. The second kappa shape index (κ2) is 5.26. The standard InChI is InChI=1S/C10H8ClF2NO4/c1-18-9(15)5-6-4-7(10(11,12)13)2-3-8(6)14(16)17/h2-4H,5H2,1H3. The van der Waals surface area contributed by atoms with E-state index < -0.39 is 33.9 Å². The largest absolute Gasteiger partial charge is 0.469 e. The molecular formula is C10H8ClF2NO4. The zero-order chi connectivity index (χ0) is 13.9. The summed E-state index contributed by atoms with van der Waals surface area (Å²) in [6.07, 6.45) is -0.479. The maximum absolute atomic E-state index is 12.9. The van der Waals surface area contributed by atoms with Crippen LogP contribution in [-0.4, -0.2) is 18.0 Å². The van der Waals surface area contributed by atoms with Crippen molar-refractivity contribution in [2.24, 2.45) is 0 Å². The van der Waals surface area contributed by atoms with E-state index in [-0.39, 0.29) is 5.56 Å². The minimum atomic E-state index is -3.65. The fourth-order valence-electron chi connectivity index (χ4n) is 1.31. The van der Waals surface area contributed by atoms with E-state index in [0.29, 0.717) is 0 Å². The van der Waals surface area contributed by atoms with Gasteiger partial charge in [0.25, 0.3) is 5.69 Å². The molecule has 0 N–H and O–H groups in total. The first kappa shape index (κ1) is 14.3. The van der Waals surface area contributed by atoms with Crippen molar-refractivity contribution < 1.29 is 23.2 Å². The first-order valence-corrected chi connectivity index (χ1v) is 5.05. The molecule has 0 radical (unpaired) electrons. The van der Waals surface area contributed by atoms with Gasteiger partial charge in [-0.3, -0.25) is 14.9 Å². The predicted octanol–water partition coefficient (Wildman–Crippen LogP) is 2.60. The molecule has 1 aromatic carbocycles. The highest BCUT2D eigenvalue weighted by Gasteiger charge is 2.30. The summed E-state index contributed by atoms with van der Waals surface area (Å²) < 4.78 is 30.1. The van der Waals surface area contributed by atoms with Gasteiger partial charge in [0, 0.05) is 17.2 Å². The van der Waals surface area contributed by atoms with E-state index in [1.54, 1.807) is 0 Å². The summed E-state index contributed by atoms with van der Waals surface area (Å²) in [4.78, 5) is 21.0. The number of ether oxygens (including phenoxy) is 1. The van der Waals surface area contributed by atoms with Gasteiger partial charge in [0.2, 0.25) is 0 Å². The first-order chi connectivity index (χ1) is 8.25. The van der Waals surface area contributed by atoms with Crippen LogP contribution in [0, 0.1) is 10.1 Å². The van der Waals surface area contributed by atoms with E-state index in [9.17, 15) is 23.7 Å². The van der Waals surface area contributed by atoms with Crippen LogP contribution in [-0.2, 0) is 21.3 Å². The quantitative estimate of drug-likeness (QED) is 0.368. The van der Waals surface area contributed by atoms with Crippen LogP contribution in [0.5, 0.6) is 0 Å². The Morgan fingerprint density at radius 2 is 2.17 bits per heavy atom. The third-order valence-electron chi connectivity index (χ3n) is 2.17. The first-order valence-electron chi connectivity index (χ1n) is 4.67. The highest BCUT2D eigenvalue weighted by molar-refractivity contribution is 6.21.